The molecule has 13 heavy (non-hydrogen) atoms. The van der Waals surface area contributed by atoms with Crippen molar-refractivity contribution in [2.24, 2.45) is 4.99 Å². The van der Waals surface area contributed by atoms with Gasteiger partial charge in [0.1, 0.15) is 0 Å². The first-order valence-electron chi connectivity index (χ1n) is 4.13. The van der Waals surface area contributed by atoms with Crippen molar-refractivity contribution in [3.05, 3.63) is 24.0 Å². The fraction of sp³-hybridized carbons (Fsp3) is 0.375. The third-order valence-electron chi connectivity index (χ3n) is 1.63. The van der Waals surface area contributed by atoms with Crippen LogP contribution in [0.1, 0.15) is 5.69 Å². The van der Waals surface area contributed by atoms with E-state index in [1.807, 2.05) is 12.1 Å². The van der Waals surface area contributed by atoms with Gasteiger partial charge in [0.25, 0.3) is 0 Å². The molecule has 0 fully saturated rings. The minimum absolute atomic E-state index is 0.708. The zero-order valence-corrected chi connectivity index (χ0v) is 7.92. The number of hydrogen-bond donors (Lipinski definition) is 1. The van der Waals surface area contributed by atoms with Gasteiger partial charge in [-0.15, -0.1) is 0 Å². The fourth-order valence-corrected chi connectivity index (χ4v) is 1.77. The molecule has 5 heteroatoms. The maximum atomic E-state index is 4.27. The van der Waals surface area contributed by atoms with Crippen LogP contribution in [0.15, 0.2) is 23.3 Å². The maximum absolute atomic E-state index is 4.27. The van der Waals surface area contributed by atoms with Crippen LogP contribution < -0.4 is 5.32 Å². The second kappa shape index (κ2) is 4.23. The third kappa shape index (κ3) is 2.42. The van der Waals surface area contributed by atoms with Gasteiger partial charge in [0.05, 0.1) is 18.8 Å². The van der Waals surface area contributed by atoms with Gasteiger partial charge in [0, 0.05) is 11.9 Å². The topological polar surface area (TPSA) is 50.2 Å². The summed E-state index contributed by atoms with van der Waals surface area (Å²) in [7, 11) is 0. The number of nitrogens with one attached hydrogen (secondary N) is 1. The molecule has 0 amide bonds. The molecule has 0 saturated heterocycles. The summed E-state index contributed by atoms with van der Waals surface area (Å²) in [5, 5.41) is 12.0. The smallest absolute Gasteiger partial charge is 0.156 e. The first-order chi connectivity index (χ1) is 6.45. The van der Waals surface area contributed by atoms with Gasteiger partial charge in [-0.3, -0.25) is 4.99 Å². The second-order valence-corrected chi connectivity index (χ2v) is 3.69. The van der Waals surface area contributed by atoms with Gasteiger partial charge in [0.2, 0.25) is 0 Å². The number of aliphatic imine (C=N–C) groups is 1. The Labute approximate surface area is 80.9 Å². The van der Waals surface area contributed by atoms with Crippen LogP contribution in [0.5, 0.6) is 0 Å². The van der Waals surface area contributed by atoms with E-state index in [2.05, 4.69) is 20.5 Å². The van der Waals surface area contributed by atoms with Crippen molar-refractivity contribution < 1.29 is 0 Å². The maximum Gasteiger partial charge on any atom is 0.156 e. The molecule has 0 unspecified atom stereocenters. The fourth-order valence-electron chi connectivity index (χ4n) is 1.04. The quantitative estimate of drug-likeness (QED) is 0.751. The summed E-state index contributed by atoms with van der Waals surface area (Å²) in [5.41, 5.74) is 0.942. The van der Waals surface area contributed by atoms with E-state index in [1.165, 1.54) is 0 Å². The normalized spacial score (nSPS) is 15.5. The van der Waals surface area contributed by atoms with Crippen molar-refractivity contribution in [1.82, 2.24) is 15.5 Å². The number of nitrogens with zero attached hydrogens (tertiary/aromatic N) is 3. The summed E-state index contributed by atoms with van der Waals surface area (Å²) in [6.07, 6.45) is 1.67. The summed E-state index contributed by atoms with van der Waals surface area (Å²) in [4.78, 5) is 4.27. The minimum Gasteiger partial charge on any atom is -0.359 e. The lowest BCUT2D eigenvalue weighted by Gasteiger charge is -2.02. The van der Waals surface area contributed by atoms with E-state index in [0.717, 1.165) is 23.2 Å². The van der Waals surface area contributed by atoms with E-state index in [9.17, 15) is 0 Å². The highest BCUT2D eigenvalue weighted by Gasteiger charge is 2.05. The first-order valence-corrected chi connectivity index (χ1v) is 5.11. The van der Waals surface area contributed by atoms with Crippen molar-refractivity contribution in [3.8, 4) is 0 Å². The summed E-state index contributed by atoms with van der Waals surface area (Å²) < 4.78 is 0. The highest BCUT2D eigenvalue weighted by Crippen LogP contribution is 2.09. The van der Waals surface area contributed by atoms with Gasteiger partial charge in [-0.2, -0.15) is 10.2 Å². The monoisotopic (exact) mass is 194 g/mol. The van der Waals surface area contributed by atoms with Gasteiger partial charge >= 0.3 is 0 Å². The Balaban J connectivity index is 1.86. The van der Waals surface area contributed by atoms with Crippen molar-refractivity contribution in [3.63, 3.8) is 0 Å². The molecule has 1 aromatic rings. The average Bonchev–Trinajstić information content (AvgIpc) is 2.69. The predicted molar refractivity (Wildman–Crippen MR) is 53.6 cm³/mol. The first kappa shape index (κ1) is 8.50. The molecule has 0 aliphatic carbocycles. The molecule has 0 bridgehead atoms. The lowest BCUT2D eigenvalue weighted by molar-refractivity contribution is 0.835. The Morgan fingerprint density at radius 3 is 3.23 bits per heavy atom. The van der Waals surface area contributed by atoms with Crippen LogP contribution in [0.25, 0.3) is 0 Å². The molecule has 1 aliphatic heterocycles. The third-order valence-corrected chi connectivity index (χ3v) is 2.57. The van der Waals surface area contributed by atoms with Crippen molar-refractivity contribution >= 4 is 16.9 Å². The Hall–Kier alpha value is -1.10. The zero-order valence-electron chi connectivity index (χ0n) is 7.10. The molecule has 1 N–H and O–H groups in total. The minimum atomic E-state index is 0.708. The van der Waals surface area contributed by atoms with Crippen molar-refractivity contribution in [1.29, 1.82) is 0 Å². The molecular formula is C8H10N4S. The number of hydrogen-bond acceptors (Lipinski definition) is 5. The molecule has 4 nitrogen and oxygen atoms in total. The molecule has 0 atom stereocenters. The molecule has 0 saturated carbocycles. The Bertz CT molecular complexity index is 298. The SMILES string of the molecule is c1cnnc(CNC2=NCCS2)c1. The molecular weight excluding hydrogens is 184 g/mol. The largest absolute Gasteiger partial charge is 0.359 e. The molecule has 2 rings (SSSR count). The lowest BCUT2D eigenvalue weighted by atomic mass is 10.4. The molecule has 0 aromatic carbocycles. The number of thioether (sulfide) groups is 1. The van der Waals surface area contributed by atoms with Gasteiger partial charge in [-0.25, -0.2) is 0 Å². The summed E-state index contributed by atoms with van der Waals surface area (Å²) >= 11 is 1.75. The van der Waals surface area contributed by atoms with E-state index in [1.54, 1.807) is 18.0 Å². The van der Waals surface area contributed by atoms with Crippen molar-refractivity contribution in [2.45, 2.75) is 6.54 Å². The molecule has 1 aromatic heterocycles. The van der Waals surface area contributed by atoms with Crippen LogP contribution in [0.2, 0.25) is 0 Å². The van der Waals surface area contributed by atoms with Gasteiger partial charge in [-0.05, 0) is 12.1 Å². The average molecular weight is 194 g/mol. The number of aromatic nitrogens is 2. The van der Waals surface area contributed by atoms with E-state index in [-0.39, 0.29) is 0 Å². The van der Waals surface area contributed by atoms with E-state index in [0.29, 0.717) is 6.54 Å². The number of rotatable bonds is 2. The Kier molecular flexibility index (Phi) is 2.76. The van der Waals surface area contributed by atoms with Crippen LogP contribution >= 0.6 is 11.8 Å². The highest BCUT2D eigenvalue weighted by molar-refractivity contribution is 8.14. The molecule has 1 aliphatic rings. The van der Waals surface area contributed by atoms with Crippen LogP contribution in [-0.2, 0) is 6.54 Å². The number of amidine groups is 1. The lowest BCUT2D eigenvalue weighted by Crippen LogP contribution is -2.18. The summed E-state index contributed by atoms with van der Waals surface area (Å²) in [6.45, 7) is 1.63. The Morgan fingerprint density at radius 2 is 2.54 bits per heavy atom. The highest BCUT2D eigenvalue weighted by atomic mass is 32.2. The van der Waals surface area contributed by atoms with Crippen LogP contribution in [-0.4, -0.2) is 27.7 Å². The molecule has 0 spiro atoms. The van der Waals surface area contributed by atoms with Crippen LogP contribution in [0, 0.1) is 0 Å². The summed E-state index contributed by atoms with van der Waals surface area (Å²) in [6, 6.07) is 3.83. The zero-order chi connectivity index (χ0) is 8.93. The van der Waals surface area contributed by atoms with E-state index >= 15 is 0 Å². The molecule has 2 heterocycles. The second-order valence-electron chi connectivity index (χ2n) is 2.60. The summed E-state index contributed by atoms with van der Waals surface area (Å²) in [5.74, 6) is 1.09. The van der Waals surface area contributed by atoms with E-state index < -0.39 is 0 Å². The van der Waals surface area contributed by atoms with Gasteiger partial charge in [0.15, 0.2) is 5.17 Å². The van der Waals surface area contributed by atoms with E-state index in [4.69, 9.17) is 0 Å². The van der Waals surface area contributed by atoms with Crippen molar-refractivity contribution in [2.75, 3.05) is 12.3 Å². The van der Waals surface area contributed by atoms with Crippen LogP contribution in [0.3, 0.4) is 0 Å². The molecule has 68 valence electrons. The molecule has 0 radical (unpaired) electrons. The standard InChI is InChI=1S/C8H10N4S/c1-2-7(12-11-3-1)6-10-8-9-4-5-13-8/h1-3H,4-6H2,(H,9,10). The van der Waals surface area contributed by atoms with Gasteiger partial charge < -0.3 is 5.32 Å². The Morgan fingerprint density at radius 1 is 1.54 bits per heavy atom. The predicted octanol–water partition coefficient (Wildman–Crippen LogP) is 0.669. The van der Waals surface area contributed by atoms with Gasteiger partial charge in [-0.1, -0.05) is 11.8 Å². The van der Waals surface area contributed by atoms with Crippen LogP contribution in [0.4, 0.5) is 0 Å².